The zero-order valence-corrected chi connectivity index (χ0v) is 19.6. The molecule has 0 bridgehead atoms. The number of rotatable bonds is 5. The molecule has 0 radical (unpaired) electrons. The van der Waals surface area contributed by atoms with Gasteiger partial charge in [-0.2, -0.15) is 0 Å². The molecule has 2 aromatic rings. The van der Waals surface area contributed by atoms with Gasteiger partial charge < -0.3 is 10.2 Å². The van der Waals surface area contributed by atoms with Crippen LogP contribution in [0.2, 0.25) is 0 Å². The van der Waals surface area contributed by atoms with Crippen LogP contribution in [0.25, 0.3) is 0 Å². The highest BCUT2D eigenvalue weighted by Gasteiger charge is 2.30. The van der Waals surface area contributed by atoms with Gasteiger partial charge in [0, 0.05) is 25.0 Å². The summed E-state index contributed by atoms with van der Waals surface area (Å²) < 4.78 is 14.8. The lowest BCUT2D eigenvalue weighted by Crippen LogP contribution is -2.43. The van der Waals surface area contributed by atoms with Gasteiger partial charge in [-0.15, -0.1) is 0 Å². The van der Waals surface area contributed by atoms with Crippen LogP contribution in [-0.2, 0) is 17.8 Å². The van der Waals surface area contributed by atoms with Crippen LogP contribution in [0.1, 0.15) is 66.7 Å². The Morgan fingerprint density at radius 2 is 1.97 bits per heavy atom. The number of fused-ring (bicyclic) bond motifs is 1. The summed E-state index contributed by atoms with van der Waals surface area (Å²) in [6, 6.07) is 7.68. The van der Waals surface area contributed by atoms with E-state index in [4.69, 9.17) is 11.3 Å². The zero-order chi connectivity index (χ0) is 24.4. The summed E-state index contributed by atoms with van der Waals surface area (Å²) in [6.07, 6.45) is 4.62. The molecular weight excluding hydrogens is 435 g/mol. The van der Waals surface area contributed by atoms with E-state index in [9.17, 15) is 14.0 Å². The van der Waals surface area contributed by atoms with Crippen molar-refractivity contribution in [3.8, 4) is 0 Å². The number of halogens is 1. The summed E-state index contributed by atoms with van der Waals surface area (Å²) in [5.74, 6) is 5.11. The summed E-state index contributed by atoms with van der Waals surface area (Å²) in [7, 11) is 0. The third kappa shape index (κ3) is 4.94. The molecule has 1 fully saturated rings. The van der Waals surface area contributed by atoms with Gasteiger partial charge in [-0.25, -0.2) is 15.2 Å². The van der Waals surface area contributed by atoms with Crippen molar-refractivity contribution in [2.75, 3.05) is 11.9 Å². The highest BCUT2D eigenvalue weighted by atomic mass is 19.1. The summed E-state index contributed by atoms with van der Waals surface area (Å²) in [5.41, 5.74) is 1.82. The maximum absolute atomic E-state index is 14.8. The summed E-state index contributed by atoms with van der Waals surface area (Å²) in [5, 5.41) is 12.1. The molecule has 4 N–H and O–H groups in total. The maximum atomic E-state index is 14.8. The van der Waals surface area contributed by atoms with Gasteiger partial charge in [0.05, 0.1) is 5.56 Å². The second-order valence-electron chi connectivity index (χ2n) is 9.30. The Hall–Kier alpha value is -3.33. The molecule has 2 amide bonds. The minimum atomic E-state index is -0.635. The Morgan fingerprint density at radius 1 is 1.24 bits per heavy atom. The van der Waals surface area contributed by atoms with Gasteiger partial charge >= 0.3 is 0 Å². The molecule has 1 aliphatic heterocycles. The predicted octanol–water partition coefficient (Wildman–Crippen LogP) is 3.46. The Bertz CT molecular complexity index is 1110. The van der Waals surface area contributed by atoms with Crippen molar-refractivity contribution in [2.45, 2.75) is 58.5 Å². The molecule has 180 valence electrons. The number of hydrazine groups is 1. The fourth-order valence-electron chi connectivity index (χ4n) is 4.58. The van der Waals surface area contributed by atoms with Crippen LogP contribution >= 0.6 is 0 Å². The van der Waals surface area contributed by atoms with Gasteiger partial charge in [-0.3, -0.25) is 20.0 Å². The van der Waals surface area contributed by atoms with Crippen molar-refractivity contribution in [3.05, 3.63) is 58.5 Å². The Labute approximate surface area is 198 Å². The van der Waals surface area contributed by atoms with E-state index in [1.165, 1.54) is 11.1 Å². The number of hydrogen-bond acceptors (Lipinski definition) is 5. The molecular formula is C25H31FN6O2. The van der Waals surface area contributed by atoms with Gasteiger partial charge in [0.15, 0.2) is 5.84 Å². The smallest absolute Gasteiger partial charge is 0.259 e. The highest BCUT2D eigenvalue weighted by Crippen LogP contribution is 2.30. The molecule has 0 atom stereocenters. The number of nitrogens with zero attached hydrogens (tertiary/aromatic N) is 3. The van der Waals surface area contributed by atoms with Gasteiger partial charge in [0.2, 0.25) is 5.91 Å². The number of amides is 2. The first kappa shape index (κ1) is 23.8. The number of benzene rings is 1. The standard InChI is InChI=1S/C25H31FN6O2/c1-15(2)32(28)23(27)21-8-5-9-22(29-21)30-24(33)19-12-18-14-31(11-10-17(18)13-20(19)26)25(34)16-6-3-4-7-16/h5,8-9,12-13,15-16,27H,3-4,6-7,10-11,14,28H2,1-2H3,(H,29,30,33). The molecule has 0 saturated heterocycles. The number of aromatic nitrogens is 1. The molecule has 2 heterocycles. The van der Waals surface area contributed by atoms with E-state index < -0.39 is 11.7 Å². The van der Waals surface area contributed by atoms with Crippen molar-refractivity contribution in [3.63, 3.8) is 0 Å². The number of nitrogens with one attached hydrogen (secondary N) is 2. The number of amidine groups is 1. The van der Waals surface area contributed by atoms with E-state index in [0.717, 1.165) is 36.8 Å². The minimum Gasteiger partial charge on any atom is -0.338 e. The van der Waals surface area contributed by atoms with Gasteiger partial charge in [0.1, 0.15) is 17.3 Å². The van der Waals surface area contributed by atoms with Crippen LogP contribution in [0.4, 0.5) is 10.2 Å². The Kier molecular flexibility index (Phi) is 6.92. The topological polar surface area (TPSA) is 115 Å². The SMILES string of the molecule is CC(C)N(N)C(=N)c1cccc(NC(=O)c2cc3c(cc2F)CCN(C(=O)C2CCCC2)C3)n1. The molecule has 9 heteroatoms. The van der Waals surface area contributed by atoms with Crippen LogP contribution in [0.5, 0.6) is 0 Å². The second-order valence-corrected chi connectivity index (χ2v) is 9.30. The third-order valence-corrected chi connectivity index (χ3v) is 6.61. The van der Waals surface area contributed by atoms with Crippen LogP contribution < -0.4 is 11.2 Å². The molecule has 0 unspecified atom stereocenters. The van der Waals surface area contributed by atoms with E-state index in [2.05, 4.69) is 10.3 Å². The molecule has 4 rings (SSSR count). The van der Waals surface area contributed by atoms with E-state index in [1.54, 1.807) is 24.3 Å². The van der Waals surface area contributed by atoms with Crippen LogP contribution in [0.3, 0.4) is 0 Å². The first-order valence-electron chi connectivity index (χ1n) is 11.8. The lowest BCUT2D eigenvalue weighted by molar-refractivity contribution is -0.136. The number of hydrogen-bond donors (Lipinski definition) is 3. The first-order valence-corrected chi connectivity index (χ1v) is 11.8. The lowest BCUT2D eigenvalue weighted by Gasteiger charge is -2.31. The minimum absolute atomic E-state index is 0.0121. The van der Waals surface area contributed by atoms with Crippen molar-refractivity contribution in [1.29, 1.82) is 5.41 Å². The van der Waals surface area contributed by atoms with Crippen molar-refractivity contribution in [1.82, 2.24) is 14.9 Å². The molecule has 34 heavy (non-hydrogen) atoms. The summed E-state index contributed by atoms with van der Waals surface area (Å²) >= 11 is 0. The van der Waals surface area contributed by atoms with Crippen LogP contribution in [0.15, 0.2) is 30.3 Å². The zero-order valence-electron chi connectivity index (χ0n) is 19.6. The van der Waals surface area contributed by atoms with Crippen molar-refractivity contribution >= 4 is 23.5 Å². The normalized spacial score (nSPS) is 15.9. The molecule has 1 aliphatic carbocycles. The Morgan fingerprint density at radius 3 is 2.68 bits per heavy atom. The third-order valence-electron chi connectivity index (χ3n) is 6.61. The Balaban J connectivity index is 1.50. The van der Waals surface area contributed by atoms with Crippen LogP contribution in [0, 0.1) is 17.1 Å². The number of pyridine rings is 1. The largest absolute Gasteiger partial charge is 0.338 e. The molecule has 8 nitrogen and oxygen atoms in total. The second kappa shape index (κ2) is 9.89. The molecule has 2 aliphatic rings. The van der Waals surface area contributed by atoms with Gasteiger partial charge in [-0.05, 0) is 68.5 Å². The van der Waals surface area contributed by atoms with Gasteiger partial charge in [0.25, 0.3) is 5.91 Å². The average molecular weight is 467 g/mol. The van der Waals surface area contributed by atoms with Crippen molar-refractivity contribution in [2.24, 2.45) is 11.8 Å². The van der Waals surface area contributed by atoms with Crippen molar-refractivity contribution < 1.29 is 14.0 Å². The molecule has 1 aromatic heterocycles. The first-order chi connectivity index (χ1) is 16.2. The van der Waals surface area contributed by atoms with E-state index in [0.29, 0.717) is 25.2 Å². The number of carbonyl (C=O) groups excluding carboxylic acids is 2. The monoisotopic (exact) mass is 466 g/mol. The predicted molar refractivity (Wildman–Crippen MR) is 128 cm³/mol. The quantitative estimate of drug-likeness (QED) is 0.270. The lowest BCUT2D eigenvalue weighted by atomic mass is 9.95. The summed E-state index contributed by atoms with van der Waals surface area (Å²) in [4.78, 5) is 31.9. The van der Waals surface area contributed by atoms with Gasteiger partial charge in [-0.1, -0.05) is 18.9 Å². The average Bonchev–Trinajstić information content (AvgIpc) is 3.37. The fraction of sp³-hybridized carbons (Fsp3) is 0.440. The summed E-state index contributed by atoms with van der Waals surface area (Å²) in [6.45, 7) is 4.66. The number of nitrogens with two attached hydrogens (primary N) is 1. The molecule has 1 aromatic carbocycles. The molecule has 0 spiro atoms. The number of anilines is 1. The number of carbonyl (C=O) groups is 2. The maximum Gasteiger partial charge on any atom is 0.259 e. The van der Waals surface area contributed by atoms with E-state index in [1.807, 2.05) is 18.7 Å². The van der Waals surface area contributed by atoms with E-state index in [-0.39, 0.29) is 35.1 Å². The van der Waals surface area contributed by atoms with E-state index >= 15 is 0 Å². The molecule has 1 saturated carbocycles. The van der Waals surface area contributed by atoms with Crippen LogP contribution in [-0.4, -0.2) is 45.1 Å². The fourth-order valence-corrected chi connectivity index (χ4v) is 4.58. The highest BCUT2D eigenvalue weighted by molar-refractivity contribution is 6.04.